The summed E-state index contributed by atoms with van der Waals surface area (Å²) in [5.74, 6) is -11.4. The van der Waals surface area contributed by atoms with E-state index in [1.807, 2.05) is 0 Å². The third kappa shape index (κ3) is 1.41. The first-order valence-corrected chi connectivity index (χ1v) is 5.25. The van der Waals surface area contributed by atoms with Gasteiger partial charge in [-0.1, -0.05) is 6.08 Å². The zero-order valence-electron chi connectivity index (χ0n) is 9.02. The fourth-order valence-corrected chi connectivity index (χ4v) is 2.25. The molecule has 1 N–H and O–H groups in total. The van der Waals surface area contributed by atoms with E-state index in [2.05, 4.69) is 0 Å². The number of halogens is 6. The van der Waals surface area contributed by atoms with Gasteiger partial charge in [-0.15, -0.1) is 0 Å². The van der Waals surface area contributed by atoms with Crippen LogP contribution in [0.5, 0.6) is 0 Å². The van der Waals surface area contributed by atoms with E-state index in [1.165, 1.54) is 0 Å². The average molecular weight is 274 g/mol. The highest BCUT2D eigenvalue weighted by Crippen LogP contribution is 2.55. The average Bonchev–Trinajstić information content (AvgIpc) is 2.77. The molecular weight excluding hydrogens is 264 g/mol. The highest BCUT2D eigenvalue weighted by molar-refractivity contribution is 5.26. The zero-order chi connectivity index (χ0) is 13.8. The Labute approximate surface area is 98.3 Å². The molecule has 102 valence electrons. The van der Waals surface area contributed by atoms with Crippen molar-refractivity contribution in [2.24, 2.45) is 0 Å². The highest BCUT2D eigenvalue weighted by Gasteiger charge is 2.81. The second-order valence-corrected chi connectivity index (χ2v) is 4.34. The predicted octanol–water partition coefficient (Wildman–Crippen LogP) is 3.73. The van der Waals surface area contributed by atoms with Crippen LogP contribution in [0, 0.1) is 0 Å². The van der Waals surface area contributed by atoms with Gasteiger partial charge in [0.25, 0.3) is 0 Å². The second kappa shape index (κ2) is 3.66. The molecule has 0 aromatic carbocycles. The van der Waals surface area contributed by atoms with Crippen LogP contribution >= 0.6 is 0 Å². The number of allylic oxidation sites excluding steroid dienone is 2. The van der Waals surface area contributed by atoms with Gasteiger partial charge in [-0.25, -0.2) is 4.39 Å². The minimum absolute atomic E-state index is 0.184. The molecule has 2 nitrogen and oxygen atoms in total. The number of hydrogen-bond acceptors (Lipinski definition) is 1. The van der Waals surface area contributed by atoms with E-state index in [1.54, 1.807) is 0 Å². The number of hydrogen-bond donors (Lipinski definition) is 1. The molecule has 18 heavy (non-hydrogen) atoms. The highest BCUT2D eigenvalue weighted by atomic mass is 19.4. The van der Waals surface area contributed by atoms with Crippen molar-refractivity contribution in [3.8, 4) is 0 Å². The van der Waals surface area contributed by atoms with Crippen LogP contribution in [0.15, 0.2) is 23.6 Å². The van der Waals surface area contributed by atoms with Crippen LogP contribution in [0.4, 0.5) is 26.5 Å². The molecule has 1 heterocycles. The topological polar surface area (TPSA) is 20.2 Å². The predicted molar refractivity (Wildman–Crippen MR) is 48.8 cm³/mol. The first-order chi connectivity index (χ1) is 8.14. The maximum Gasteiger partial charge on any atom is 0.405 e. The molecule has 0 saturated heterocycles. The summed E-state index contributed by atoms with van der Waals surface area (Å²) in [6.07, 6.45) is -2.93. The van der Waals surface area contributed by atoms with Crippen LogP contribution in [0.3, 0.4) is 0 Å². The van der Waals surface area contributed by atoms with Gasteiger partial charge in [0.15, 0.2) is 5.76 Å². The number of quaternary nitrogens is 1. The smallest absolute Gasteiger partial charge is 0.405 e. The van der Waals surface area contributed by atoms with Gasteiger partial charge in [-0.05, 0) is 19.3 Å². The Balaban J connectivity index is 2.62. The minimum atomic E-state index is -5.04. The molecule has 0 spiro atoms. The van der Waals surface area contributed by atoms with E-state index in [0.29, 0.717) is 0 Å². The van der Waals surface area contributed by atoms with Crippen molar-refractivity contribution in [3.63, 3.8) is 0 Å². The van der Waals surface area contributed by atoms with E-state index in [9.17, 15) is 26.5 Å². The lowest BCUT2D eigenvalue weighted by molar-refractivity contribution is -1.18. The van der Waals surface area contributed by atoms with Crippen molar-refractivity contribution in [2.45, 2.75) is 37.1 Å². The molecule has 2 atom stereocenters. The molecular formula is C10H10F6NO+. The van der Waals surface area contributed by atoms with Crippen molar-refractivity contribution in [1.29, 1.82) is 0 Å². The van der Waals surface area contributed by atoms with Gasteiger partial charge in [0, 0.05) is 5.57 Å². The monoisotopic (exact) mass is 274 g/mol. The minimum Gasteiger partial charge on any atom is -0.504 e. The zero-order valence-corrected chi connectivity index (χ0v) is 9.02. The van der Waals surface area contributed by atoms with E-state index >= 15 is 0 Å². The Bertz CT molecular complexity index is 432. The number of aliphatic hydroxyl groups excluding tert-OH is 1. The molecule has 0 aromatic rings. The Morgan fingerprint density at radius 1 is 1.28 bits per heavy atom. The maximum atomic E-state index is 14.3. The van der Waals surface area contributed by atoms with Gasteiger partial charge >= 0.3 is 11.7 Å². The molecule has 2 rings (SSSR count). The SMILES string of the molecule is OC1=C[N+](F)(F)C(F)(C2=CCCC2)C(F)(F)C1F. The number of nitrogens with zero attached hydrogens (tertiary/aromatic N) is 1. The van der Waals surface area contributed by atoms with E-state index in [4.69, 9.17) is 5.11 Å². The fraction of sp³-hybridized carbons (Fsp3) is 0.600. The largest absolute Gasteiger partial charge is 0.504 e. The first-order valence-electron chi connectivity index (χ1n) is 5.25. The molecule has 0 fully saturated rings. The Hall–Kier alpha value is -1.18. The summed E-state index contributed by atoms with van der Waals surface area (Å²) in [4.78, 5) is -3.92. The first kappa shape index (κ1) is 13.3. The molecule has 1 aliphatic heterocycles. The van der Waals surface area contributed by atoms with E-state index < -0.39 is 40.3 Å². The third-order valence-electron chi connectivity index (χ3n) is 3.19. The summed E-state index contributed by atoms with van der Waals surface area (Å²) in [5, 5.41) is 8.75. The van der Waals surface area contributed by atoms with Crippen LogP contribution in [0.25, 0.3) is 0 Å². The number of alkyl halides is 4. The summed E-state index contributed by atoms with van der Waals surface area (Å²) in [5.41, 5.74) is -0.830. The Kier molecular flexibility index (Phi) is 2.69. The number of rotatable bonds is 1. The molecule has 0 bridgehead atoms. The van der Waals surface area contributed by atoms with Gasteiger partial charge in [-0.2, -0.15) is 13.2 Å². The lowest BCUT2D eigenvalue weighted by Gasteiger charge is -2.38. The lowest BCUT2D eigenvalue weighted by Crippen LogP contribution is -2.66. The molecule has 2 unspecified atom stereocenters. The van der Waals surface area contributed by atoms with Gasteiger partial charge in [-0.3, -0.25) is 0 Å². The van der Waals surface area contributed by atoms with Gasteiger partial charge in [0.05, 0.1) is 8.96 Å². The normalized spacial score (nSPS) is 38.2. The number of aliphatic hydroxyl groups is 1. The van der Waals surface area contributed by atoms with Crippen LogP contribution < -0.4 is 0 Å². The molecule has 8 heteroatoms. The second-order valence-electron chi connectivity index (χ2n) is 4.34. The molecule has 0 saturated carbocycles. The summed E-state index contributed by atoms with van der Waals surface area (Å²) in [6, 6.07) is 0. The molecule has 0 aromatic heterocycles. The van der Waals surface area contributed by atoms with Crippen molar-refractivity contribution in [1.82, 2.24) is 0 Å². The van der Waals surface area contributed by atoms with Gasteiger partial charge in [0.2, 0.25) is 12.4 Å². The fourth-order valence-electron chi connectivity index (χ4n) is 2.25. The van der Waals surface area contributed by atoms with Crippen LogP contribution in [-0.4, -0.2) is 27.9 Å². The maximum absolute atomic E-state index is 14.3. The summed E-state index contributed by atoms with van der Waals surface area (Å²) >= 11 is 0. The van der Waals surface area contributed by atoms with Crippen molar-refractivity contribution < 1.29 is 36.6 Å². The quantitative estimate of drug-likeness (QED) is 0.334. The summed E-state index contributed by atoms with van der Waals surface area (Å²) in [6.45, 7) is 0. The van der Waals surface area contributed by atoms with E-state index in [0.717, 1.165) is 6.08 Å². The van der Waals surface area contributed by atoms with Crippen LogP contribution in [-0.2, 0) is 0 Å². The molecule has 1 aliphatic carbocycles. The molecule has 0 amide bonds. The van der Waals surface area contributed by atoms with Crippen LogP contribution in [0.2, 0.25) is 0 Å². The molecule has 0 radical (unpaired) electrons. The summed E-state index contributed by atoms with van der Waals surface area (Å²) in [7, 11) is 0. The van der Waals surface area contributed by atoms with Crippen molar-refractivity contribution in [2.75, 3.05) is 0 Å². The third-order valence-corrected chi connectivity index (χ3v) is 3.19. The van der Waals surface area contributed by atoms with Crippen LogP contribution in [0.1, 0.15) is 19.3 Å². The van der Waals surface area contributed by atoms with Crippen molar-refractivity contribution >= 4 is 0 Å². The van der Waals surface area contributed by atoms with Crippen molar-refractivity contribution in [3.05, 3.63) is 23.6 Å². The summed E-state index contributed by atoms with van der Waals surface area (Å²) < 4.78 is 81.5. The molecule has 2 aliphatic rings. The van der Waals surface area contributed by atoms with E-state index in [-0.39, 0.29) is 19.3 Å². The van der Waals surface area contributed by atoms with Gasteiger partial charge in [0.1, 0.15) is 4.93 Å². The Morgan fingerprint density at radius 2 is 1.89 bits per heavy atom. The Morgan fingerprint density at radius 3 is 2.39 bits per heavy atom. The lowest BCUT2D eigenvalue weighted by atomic mass is 9.90. The van der Waals surface area contributed by atoms with Gasteiger partial charge < -0.3 is 5.11 Å². The standard InChI is InChI=1S/C10H9F6NO/c11-8-7(18)5-17(15,16)10(14,9(8,12)13)6-3-1-2-4-6/h3,5,8H,1-2,4H2/p+1.